The summed E-state index contributed by atoms with van der Waals surface area (Å²) in [4.78, 5) is 16.9. The van der Waals surface area contributed by atoms with Crippen LogP contribution in [0, 0.1) is 6.92 Å². The number of aromatic nitrogens is 1. The second-order valence-corrected chi connectivity index (χ2v) is 10.6. The van der Waals surface area contributed by atoms with Crippen LogP contribution in [-0.4, -0.2) is 45.0 Å². The molecule has 1 saturated carbocycles. The minimum absolute atomic E-state index is 0.0957. The smallest absolute Gasteiger partial charge is 0.332 e. The molecule has 2 aromatic rings. The van der Waals surface area contributed by atoms with Gasteiger partial charge >= 0.3 is 6.03 Å². The van der Waals surface area contributed by atoms with Crippen LogP contribution < -0.4 is 14.8 Å². The van der Waals surface area contributed by atoms with Crippen molar-refractivity contribution in [1.82, 2.24) is 9.71 Å². The van der Waals surface area contributed by atoms with Gasteiger partial charge in [-0.25, -0.2) is 22.9 Å². The summed E-state index contributed by atoms with van der Waals surface area (Å²) in [5, 5.41) is 2.81. The SMILES string of the molecule is COC1CCC(Oc2cc(-c3c(C)cc4c(c3NC(=O)NS(C)(=O)=O)CCC4)ccn2)CC1. The van der Waals surface area contributed by atoms with Crippen LogP contribution in [0.2, 0.25) is 0 Å². The second kappa shape index (κ2) is 9.69. The van der Waals surface area contributed by atoms with E-state index >= 15 is 0 Å². The third kappa shape index (κ3) is 5.65. The fraction of sp³-hybridized carbons (Fsp3) is 0.500. The van der Waals surface area contributed by atoms with Crippen molar-refractivity contribution in [3.05, 3.63) is 41.1 Å². The zero-order valence-electron chi connectivity index (χ0n) is 19.3. The highest BCUT2D eigenvalue weighted by atomic mass is 32.2. The van der Waals surface area contributed by atoms with Crippen LogP contribution in [0.1, 0.15) is 48.8 Å². The van der Waals surface area contributed by atoms with Gasteiger partial charge < -0.3 is 14.8 Å². The number of sulfonamides is 1. The first-order valence-electron chi connectivity index (χ1n) is 11.3. The van der Waals surface area contributed by atoms with E-state index in [0.29, 0.717) is 17.7 Å². The van der Waals surface area contributed by atoms with Gasteiger partial charge in [-0.15, -0.1) is 0 Å². The van der Waals surface area contributed by atoms with Crippen LogP contribution in [0.3, 0.4) is 0 Å². The molecule has 1 heterocycles. The predicted octanol–water partition coefficient (Wildman–Crippen LogP) is 3.96. The quantitative estimate of drug-likeness (QED) is 0.658. The Kier molecular flexibility index (Phi) is 6.90. The number of methoxy groups -OCH3 is 1. The van der Waals surface area contributed by atoms with E-state index in [0.717, 1.165) is 73.5 Å². The molecule has 0 bridgehead atoms. The van der Waals surface area contributed by atoms with Crippen molar-refractivity contribution < 1.29 is 22.7 Å². The normalized spacial score (nSPS) is 20.2. The van der Waals surface area contributed by atoms with Crippen molar-refractivity contribution in [1.29, 1.82) is 0 Å². The summed E-state index contributed by atoms with van der Waals surface area (Å²) >= 11 is 0. The van der Waals surface area contributed by atoms with Gasteiger partial charge in [-0.05, 0) is 80.2 Å². The molecule has 2 aliphatic rings. The second-order valence-electron chi connectivity index (χ2n) is 8.90. The zero-order valence-corrected chi connectivity index (χ0v) is 20.1. The van der Waals surface area contributed by atoms with Crippen molar-refractivity contribution in [3.63, 3.8) is 0 Å². The van der Waals surface area contributed by atoms with Crippen LogP contribution in [0.4, 0.5) is 10.5 Å². The highest BCUT2D eigenvalue weighted by Gasteiger charge is 2.25. The Bertz CT molecular complexity index is 1140. The minimum Gasteiger partial charge on any atom is -0.474 e. The zero-order chi connectivity index (χ0) is 23.6. The van der Waals surface area contributed by atoms with Gasteiger partial charge in [0.05, 0.1) is 18.0 Å². The van der Waals surface area contributed by atoms with Crippen LogP contribution in [-0.2, 0) is 27.6 Å². The maximum atomic E-state index is 12.5. The average molecular weight is 474 g/mol. The maximum Gasteiger partial charge on any atom is 0.332 e. The number of nitrogens with zero attached hydrogens (tertiary/aromatic N) is 1. The fourth-order valence-electron chi connectivity index (χ4n) is 4.90. The number of carbonyl (C=O) groups excluding carboxylic acids is 1. The number of aryl methyl sites for hydroxylation is 2. The molecule has 2 aliphatic carbocycles. The van der Waals surface area contributed by atoms with E-state index in [1.807, 2.05) is 23.8 Å². The van der Waals surface area contributed by atoms with Gasteiger partial charge in [0.25, 0.3) is 0 Å². The van der Waals surface area contributed by atoms with E-state index in [1.165, 1.54) is 5.56 Å². The molecule has 9 heteroatoms. The molecule has 0 unspecified atom stereocenters. The van der Waals surface area contributed by atoms with Gasteiger partial charge in [-0.2, -0.15) is 0 Å². The summed E-state index contributed by atoms with van der Waals surface area (Å²) in [6.07, 6.45) is 9.59. The molecule has 0 saturated heterocycles. The van der Waals surface area contributed by atoms with Gasteiger partial charge in [-0.3, -0.25) is 0 Å². The topological polar surface area (TPSA) is 107 Å². The Morgan fingerprint density at radius 1 is 1.12 bits per heavy atom. The summed E-state index contributed by atoms with van der Waals surface area (Å²) in [6.45, 7) is 2.00. The van der Waals surface area contributed by atoms with E-state index in [9.17, 15) is 13.2 Å². The Hall–Kier alpha value is -2.65. The van der Waals surface area contributed by atoms with Crippen molar-refractivity contribution in [3.8, 4) is 17.0 Å². The lowest BCUT2D eigenvalue weighted by atomic mass is 9.93. The van der Waals surface area contributed by atoms with E-state index in [4.69, 9.17) is 9.47 Å². The van der Waals surface area contributed by atoms with Crippen molar-refractivity contribution in [2.45, 2.75) is 64.1 Å². The van der Waals surface area contributed by atoms with Gasteiger partial charge in [0, 0.05) is 24.9 Å². The summed E-state index contributed by atoms with van der Waals surface area (Å²) in [5.41, 5.74) is 5.62. The fourth-order valence-corrected chi connectivity index (χ4v) is 5.28. The number of rotatable bonds is 6. The van der Waals surface area contributed by atoms with Gasteiger partial charge in [-0.1, -0.05) is 6.07 Å². The largest absolute Gasteiger partial charge is 0.474 e. The third-order valence-corrected chi connectivity index (χ3v) is 6.94. The summed E-state index contributed by atoms with van der Waals surface area (Å²) in [5.74, 6) is 0.541. The third-order valence-electron chi connectivity index (χ3n) is 6.38. The first-order chi connectivity index (χ1) is 15.7. The summed E-state index contributed by atoms with van der Waals surface area (Å²) in [7, 11) is -1.93. The van der Waals surface area contributed by atoms with Crippen molar-refractivity contribution in [2.75, 3.05) is 18.7 Å². The van der Waals surface area contributed by atoms with Crippen molar-refractivity contribution in [2.24, 2.45) is 0 Å². The molecular weight excluding hydrogens is 442 g/mol. The molecule has 2 amide bonds. The first kappa shape index (κ1) is 23.5. The standard InChI is InChI=1S/C24H31N3O5S/c1-15-13-16-5-4-6-20(16)23(26-24(28)27-33(3,29)30)22(15)17-11-12-25-21(14-17)32-19-9-7-18(31-2)8-10-19/h11-14,18-19H,4-10H2,1-3H3,(H2,26,27,28). The Balaban J connectivity index is 1.64. The lowest BCUT2D eigenvalue weighted by Crippen LogP contribution is -2.34. The predicted molar refractivity (Wildman–Crippen MR) is 127 cm³/mol. The van der Waals surface area contributed by atoms with Gasteiger partial charge in [0.15, 0.2) is 0 Å². The van der Waals surface area contributed by atoms with Crippen LogP contribution in [0.25, 0.3) is 11.1 Å². The highest BCUT2D eigenvalue weighted by molar-refractivity contribution is 7.89. The number of amides is 2. The Labute approximate surface area is 195 Å². The molecule has 33 heavy (non-hydrogen) atoms. The first-order valence-corrected chi connectivity index (χ1v) is 13.2. The number of hydrogen-bond donors (Lipinski definition) is 2. The van der Waals surface area contributed by atoms with E-state index in [2.05, 4.69) is 16.4 Å². The minimum atomic E-state index is -3.68. The number of nitrogens with one attached hydrogen (secondary N) is 2. The number of anilines is 1. The lowest BCUT2D eigenvalue weighted by Gasteiger charge is -2.27. The van der Waals surface area contributed by atoms with Gasteiger partial charge in [0.1, 0.15) is 6.10 Å². The van der Waals surface area contributed by atoms with E-state index < -0.39 is 16.1 Å². The molecule has 1 aromatic carbocycles. The number of carbonyl (C=O) groups is 1. The van der Waals surface area contributed by atoms with Crippen molar-refractivity contribution >= 4 is 21.7 Å². The maximum absolute atomic E-state index is 12.5. The van der Waals surface area contributed by atoms with Gasteiger partial charge in [0.2, 0.25) is 15.9 Å². The Morgan fingerprint density at radius 2 is 1.85 bits per heavy atom. The highest BCUT2D eigenvalue weighted by Crippen LogP contribution is 2.41. The molecule has 178 valence electrons. The molecule has 1 fully saturated rings. The van der Waals surface area contributed by atoms with Crippen LogP contribution in [0.5, 0.6) is 5.88 Å². The Morgan fingerprint density at radius 3 is 2.55 bits per heavy atom. The number of benzene rings is 1. The molecule has 0 aliphatic heterocycles. The van der Waals surface area contributed by atoms with E-state index in [-0.39, 0.29) is 6.10 Å². The van der Waals surface area contributed by atoms with E-state index in [1.54, 1.807) is 13.3 Å². The van der Waals surface area contributed by atoms with Crippen LogP contribution >= 0.6 is 0 Å². The number of pyridine rings is 1. The molecule has 0 spiro atoms. The molecule has 8 nitrogen and oxygen atoms in total. The number of hydrogen-bond acceptors (Lipinski definition) is 6. The number of urea groups is 1. The average Bonchev–Trinajstić information content (AvgIpc) is 3.21. The molecule has 0 radical (unpaired) electrons. The number of ether oxygens (including phenoxy) is 2. The molecule has 1 aromatic heterocycles. The molecular formula is C24H31N3O5S. The lowest BCUT2D eigenvalue weighted by molar-refractivity contribution is 0.0314. The molecule has 0 atom stereocenters. The summed E-state index contributed by atoms with van der Waals surface area (Å²) < 4.78 is 36.7. The monoisotopic (exact) mass is 473 g/mol. The summed E-state index contributed by atoms with van der Waals surface area (Å²) in [6, 6.07) is 5.17. The molecule has 2 N–H and O–H groups in total. The molecule has 4 rings (SSSR count). The van der Waals surface area contributed by atoms with Crippen LogP contribution in [0.15, 0.2) is 24.4 Å². The number of fused-ring (bicyclic) bond motifs is 1.